The quantitative estimate of drug-likeness (QED) is 0.596. The Morgan fingerprint density at radius 3 is 2.48 bits per heavy atom. The number of amides is 2. The van der Waals surface area contributed by atoms with Gasteiger partial charge >= 0.3 is 6.03 Å². The third-order valence-corrected chi connectivity index (χ3v) is 4.92. The smallest absolute Gasteiger partial charge is 0.323 e. The van der Waals surface area contributed by atoms with Gasteiger partial charge in [0.05, 0.1) is 30.7 Å². The van der Waals surface area contributed by atoms with Crippen molar-refractivity contribution in [2.75, 3.05) is 17.7 Å². The van der Waals surface area contributed by atoms with Crippen LogP contribution in [0.4, 0.5) is 16.2 Å². The number of hydrogen-bond acceptors (Lipinski definition) is 3. The zero-order chi connectivity index (χ0) is 21.0. The average Bonchev–Trinajstić information content (AvgIpc) is 2.96. The maximum atomic E-state index is 12.5. The Kier molecular flexibility index (Phi) is 6.22. The summed E-state index contributed by atoms with van der Waals surface area (Å²) in [5, 5.41) is 10.4. The van der Waals surface area contributed by atoms with Gasteiger partial charge in [-0.25, -0.2) is 4.79 Å². The zero-order valence-electron chi connectivity index (χ0n) is 17.6. The first-order valence-corrected chi connectivity index (χ1v) is 9.72. The molecule has 0 radical (unpaired) electrons. The van der Waals surface area contributed by atoms with E-state index >= 15 is 0 Å². The fourth-order valence-electron chi connectivity index (χ4n) is 3.20. The van der Waals surface area contributed by atoms with E-state index in [2.05, 4.69) is 29.6 Å². The van der Waals surface area contributed by atoms with Gasteiger partial charge < -0.3 is 15.4 Å². The lowest BCUT2D eigenvalue weighted by Crippen LogP contribution is -2.20. The summed E-state index contributed by atoms with van der Waals surface area (Å²) in [5.41, 5.74) is 5.47. The van der Waals surface area contributed by atoms with Crippen LogP contribution >= 0.6 is 0 Å². The summed E-state index contributed by atoms with van der Waals surface area (Å²) < 4.78 is 7.17. The fraction of sp³-hybridized carbons (Fsp3) is 0.304. The van der Waals surface area contributed by atoms with E-state index in [1.807, 2.05) is 67.1 Å². The summed E-state index contributed by atoms with van der Waals surface area (Å²) in [6.45, 7) is 8.73. The molecule has 0 atom stereocenters. The lowest BCUT2D eigenvalue weighted by atomic mass is 10.0. The molecule has 0 bridgehead atoms. The number of rotatable bonds is 6. The summed E-state index contributed by atoms with van der Waals surface area (Å²) in [5.74, 6) is 1.27. The molecule has 29 heavy (non-hydrogen) atoms. The topological polar surface area (TPSA) is 68.2 Å². The number of urea groups is 1. The predicted molar refractivity (Wildman–Crippen MR) is 117 cm³/mol. The molecule has 2 amide bonds. The van der Waals surface area contributed by atoms with Crippen LogP contribution in [0.25, 0.3) is 0 Å². The highest BCUT2D eigenvalue weighted by Gasteiger charge is 2.15. The molecule has 2 N–H and O–H groups in total. The van der Waals surface area contributed by atoms with Crippen LogP contribution < -0.4 is 15.4 Å². The third kappa shape index (κ3) is 4.96. The Labute approximate surface area is 171 Å². The minimum Gasteiger partial charge on any atom is -0.497 e. The van der Waals surface area contributed by atoms with E-state index in [0.29, 0.717) is 12.5 Å². The van der Waals surface area contributed by atoms with Crippen LogP contribution in [0.15, 0.2) is 48.5 Å². The van der Waals surface area contributed by atoms with Gasteiger partial charge in [0.15, 0.2) is 0 Å². The van der Waals surface area contributed by atoms with Gasteiger partial charge in [0.2, 0.25) is 0 Å². The normalized spacial score (nSPS) is 10.8. The highest BCUT2D eigenvalue weighted by atomic mass is 16.5. The van der Waals surface area contributed by atoms with Crippen LogP contribution in [0.1, 0.15) is 42.3 Å². The first-order valence-electron chi connectivity index (χ1n) is 9.72. The van der Waals surface area contributed by atoms with E-state index in [0.717, 1.165) is 34.1 Å². The molecule has 0 unspecified atom stereocenters. The number of methoxy groups -OCH3 is 1. The molecule has 0 saturated carbocycles. The second-order valence-electron chi connectivity index (χ2n) is 7.41. The van der Waals surface area contributed by atoms with Gasteiger partial charge in [0, 0.05) is 5.69 Å². The number of aromatic nitrogens is 2. The molecular weight excluding hydrogens is 364 g/mol. The number of carbonyl (C=O) groups is 1. The van der Waals surface area contributed by atoms with Crippen molar-refractivity contribution in [3.05, 3.63) is 71.0 Å². The van der Waals surface area contributed by atoms with Gasteiger partial charge in [0.1, 0.15) is 5.75 Å². The lowest BCUT2D eigenvalue weighted by molar-refractivity contribution is 0.262. The molecule has 0 aliphatic carbocycles. The number of nitrogens with one attached hydrogen (secondary N) is 2. The van der Waals surface area contributed by atoms with Crippen LogP contribution in [0, 0.1) is 13.8 Å². The van der Waals surface area contributed by atoms with Gasteiger partial charge in [0.25, 0.3) is 0 Å². The van der Waals surface area contributed by atoms with Gasteiger partial charge in [-0.05, 0) is 55.2 Å². The molecule has 0 saturated heterocycles. The highest BCUT2D eigenvalue weighted by Crippen LogP contribution is 2.22. The minimum absolute atomic E-state index is 0.283. The second kappa shape index (κ2) is 8.82. The van der Waals surface area contributed by atoms with E-state index in [1.165, 1.54) is 5.56 Å². The molecule has 1 aromatic heterocycles. The molecule has 2 aromatic carbocycles. The maximum Gasteiger partial charge on any atom is 0.323 e. The lowest BCUT2D eigenvalue weighted by Gasteiger charge is -2.10. The van der Waals surface area contributed by atoms with E-state index < -0.39 is 0 Å². The van der Waals surface area contributed by atoms with Crippen molar-refractivity contribution >= 4 is 17.4 Å². The SMILES string of the molecule is COc1cccc(Cn2nc(C)c(NC(=O)Nc3ccc(C(C)C)cc3)c2C)c1. The van der Waals surface area contributed by atoms with Crippen LogP contribution in [-0.4, -0.2) is 22.9 Å². The number of carbonyl (C=O) groups excluding carboxylic acids is 1. The maximum absolute atomic E-state index is 12.5. The third-order valence-electron chi connectivity index (χ3n) is 4.92. The first kappa shape index (κ1) is 20.5. The van der Waals surface area contributed by atoms with Crippen molar-refractivity contribution in [1.29, 1.82) is 0 Å². The summed E-state index contributed by atoms with van der Waals surface area (Å²) in [7, 11) is 1.65. The van der Waals surface area contributed by atoms with Crippen molar-refractivity contribution in [1.82, 2.24) is 9.78 Å². The molecule has 0 fully saturated rings. The zero-order valence-corrected chi connectivity index (χ0v) is 17.6. The van der Waals surface area contributed by atoms with Crippen molar-refractivity contribution in [2.45, 2.75) is 40.2 Å². The minimum atomic E-state index is -0.283. The van der Waals surface area contributed by atoms with E-state index in [1.54, 1.807) is 7.11 Å². The number of benzene rings is 2. The molecular formula is C23H28N4O2. The van der Waals surface area contributed by atoms with Gasteiger partial charge in [-0.3, -0.25) is 4.68 Å². The standard InChI is InChI=1S/C23H28N4O2/c1-15(2)19-9-11-20(12-10-19)24-23(28)25-22-16(3)26-27(17(22)4)14-18-7-6-8-21(13-18)29-5/h6-13,15H,14H2,1-5H3,(H2,24,25,28). The van der Waals surface area contributed by atoms with Crippen LogP contribution in [0.2, 0.25) is 0 Å². The largest absolute Gasteiger partial charge is 0.497 e. The molecule has 0 spiro atoms. The van der Waals surface area contributed by atoms with Crippen LogP contribution in [0.3, 0.4) is 0 Å². The average molecular weight is 393 g/mol. The van der Waals surface area contributed by atoms with Crippen molar-refractivity contribution in [2.24, 2.45) is 0 Å². The Hall–Kier alpha value is -3.28. The fourth-order valence-corrected chi connectivity index (χ4v) is 3.20. The van der Waals surface area contributed by atoms with Gasteiger partial charge in [-0.1, -0.05) is 38.1 Å². The van der Waals surface area contributed by atoms with E-state index in [9.17, 15) is 4.79 Å². The highest BCUT2D eigenvalue weighted by molar-refractivity contribution is 6.00. The van der Waals surface area contributed by atoms with E-state index in [-0.39, 0.29) is 6.03 Å². The van der Waals surface area contributed by atoms with Crippen molar-refractivity contribution < 1.29 is 9.53 Å². The van der Waals surface area contributed by atoms with Gasteiger partial charge in [-0.15, -0.1) is 0 Å². The Morgan fingerprint density at radius 1 is 1.10 bits per heavy atom. The Morgan fingerprint density at radius 2 is 1.83 bits per heavy atom. The molecule has 0 aliphatic rings. The molecule has 6 heteroatoms. The Bertz CT molecular complexity index is 991. The number of anilines is 2. The summed E-state index contributed by atoms with van der Waals surface area (Å²) >= 11 is 0. The van der Waals surface area contributed by atoms with Crippen molar-refractivity contribution in [3.8, 4) is 5.75 Å². The molecule has 152 valence electrons. The summed E-state index contributed by atoms with van der Waals surface area (Å²) in [6.07, 6.45) is 0. The molecule has 6 nitrogen and oxygen atoms in total. The molecule has 3 aromatic rings. The number of hydrogen-bond donors (Lipinski definition) is 2. The Balaban J connectivity index is 1.70. The first-order chi connectivity index (χ1) is 13.9. The number of ether oxygens (including phenoxy) is 1. The van der Waals surface area contributed by atoms with Crippen LogP contribution in [0.5, 0.6) is 5.75 Å². The van der Waals surface area contributed by atoms with Crippen molar-refractivity contribution in [3.63, 3.8) is 0 Å². The molecule has 3 rings (SSSR count). The molecule has 0 aliphatic heterocycles. The summed E-state index contributed by atoms with van der Waals surface area (Å²) in [6, 6.07) is 15.5. The van der Waals surface area contributed by atoms with Gasteiger partial charge in [-0.2, -0.15) is 5.10 Å². The monoisotopic (exact) mass is 392 g/mol. The number of aryl methyl sites for hydroxylation is 1. The summed E-state index contributed by atoms with van der Waals surface area (Å²) in [4.78, 5) is 12.5. The number of nitrogens with zero attached hydrogens (tertiary/aromatic N) is 2. The van der Waals surface area contributed by atoms with Crippen LogP contribution in [-0.2, 0) is 6.54 Å². The predicted octanol–water partition coefficient (Wildman–Crippen LogP) is 5.32. The second-order valence-corrected chi connectivity index (χ2v) is 7.41. The molecule has 1 heterocycles. The van der Waals surface area contributed by atoms with E-state index in [4.69, 9.17) is 4.74 Å².